The molecular weight excluding hydrogens is 270 g/mol. The molecule has 1 aromatic heterocycles. The molecule has 1 aromatic rings. The number of carbonyl (C=O) groups is 1. The lowest BCUT2D eigenvalue weighted by Crippen LogP contribution is -2.29. The number of hydrogen-bond donors (Lipinski definition) is 2. The molecule has 16 heavy (non-hydrogen) atoms. The third-order valence-corrected chi connectivity index (χ3v) is 2.88. The topological polar surface area (TPSA) is 54.0 Å². The second kappa shape index (κ2) is 5.41. The van der Waals surface area contributed by atoms with Crippen LogP contribution in [0.15, 0.2) is 22.8 Å². The number of anilines is 1. The van der Waals surface area contributed by atoms with Crippen LogP contribution in [0.1, 0.15) is 12.8 Å². The molecule has 1 aliphatic carbocycles. The molecule has 1 fully saturated rings. The molecule has 0 unspecified atom stereocenters. The zero-order valence-electron chi connectivity index (χ0n) is 8.87. The summed E-state index contributed by atoms with van der Waals surface area (Å²) >= 11 is 3.29. The summed E-state index contributed by atoms with van der Waals surface area (Å²) in [7, 11) is 0. The van der Waals surface area contributed by atoms with Crippen molar-refractivity contribution in [1.82, 2.24) is 10.3 Å². The summed E-state index contributed by atoms with van der Waals surface area (Å²) < 4.78 is 0.900. The zero-order valence-corrected chi connectivity index (χ0v) is 10.5. The van der Waals surface area contributed by atoms with Crippen LogP contribution < -0.4 is 10.6 Å². The van der Waals surface area contributed by atoms with Gasteiger partial charge >= 0.3 is 0 Å². The molecule has 0 saturated heterocycles. The minimum Gasteiger partial charge on any atom is -0.310 e. The number of halogens is 1. The third kappa shape index (κ3) is 3.90. The van der Waals surface area contributed by atoms with E-state index in [0.717, 1.165) is 16.9 Å². The Kier molecular flexibility index (Phi) is 3.90. The molecule has 5 heteroatoms. The number of amides is 1. The SMILES string of the molecule is O=C(CNCC1CC1)Nc1ccc(Br)cn1. The summed E-state index contributed by atoms with van der Waals surface area (Å²) in [5.41, 5.74) is 0. The lowest BCUT2D eigenvalue weighted by molar-refractivity contribution is -0.115. The monoisotopic (exact) mass is 283 g/mol. The van der Waals surface area contributed by atoms with E-state index in [4.69, 9.17) is 0 Å². The average molecular weight is 284 g/mol. The van der Waals surface area contributed by atoms with Crippen molar-refractivity contribution in [2.45, 2.75) is 12.8 Å². The van der Waals surface area contributed by atoms with E-state index in [2.05, 4.69) is 31.5 Å². The number of nitrogens with one attached hydrogen (secondary N) is 2. The van der Waals surface area contributed by atoms with Gasteiger partial charge in [0.1, 0.15) is 5.82 Å². The van der Waals surface area contributed by atoms with E-state index in [-0.39, 0.29) is 5.91 Å². The highest BCUT2D eigenvalue weighted by atomic mass is 79.9. The normalized spacial score (nSPS) is 14.8. The van der Waals surface area contributed by atoms with Crippen LogP contribution in [0.4, 0.5) is 5.82 Å². The average Bonchev–Trinajstić information content (AvgIpc) is 3.05. The van der Waals surface area contributed by atoms with E-state index in [1.807, 2.05) is 6.07 Å². The van der Waals surface area contributed by atoms with Crippen LogP contribution in [0, 0.1) is 5.92 Å². The minimum absolute atomic E-state index is 0.0459. The molecule has 4 nitrogen and oxygen atoms in total. The van der Waals surface area contributed by atoms with Crippen molar-refractivity contribution in [3.8, 4) is 0 Å². The van der Waals surface area contributed by atoms with E-state index < -0.39 is 0 Å². The van der Waals surface area contributed by atoms with E-state index in [0.29, 0.717) is 12.4 Å². The van der Waals surface area contributed by atoms with Crippen molar-refractivity contribution >= 4 is 27.7 Å². The maximum absolute atomic E-state index is 11.5. The van der Waals surface area contributed by atoms with Crippen LogP contribution in [0.5, 0.6) is 0 Å². The van der Waals surface area contributed by atoms with Gasteiger partial charge in [0.2, 0.25) is 5.91 Å². The smallest absolute Gasteiger partial charge is 0.239 e. The Morgan fingerprint density at radius 2 is 2.31 bits per heavy atom. The van der Waals surface area contributed by atoms with Gasteiger partial charge in [0.25, 0.3) is 0 Å². The fourth-order valence-corrected chi connectivity index (χ4v) is 1.58. The Hall–Kier alpha value is -0.940. The third-order valence-electron chi connectivity index (χ3n) is 2.41. The highest BCUT2D eigenvalue weighted by Gasteiger charge is 2.20. The fourth-order valence-electron chi connectivity index (χ4n) is 1.35. The maximum atomic E-state index is 11.5. The Morgan fingerprint density at radius 3 is 2.94 bits per heavy atom. The molecule has 2 rings (SSSR count). The fraction of sp³-hybridized carbons (Fsp3) is 0.455. The number of carbonyl (C=O) groups excluding carboxylic acids is 1. The van der Waals surface area contributed by atoms with Crippen LogP contribution in [0.3, 0.4) is 0 Å². The summed E-state index contributed by atoms with van der Waals surface area (Å²) in [6.45, 7) is 1.30. The Morgan fingerprint density at radius 1 is 1.50 bits per heavy atom. The highest BCUT2D eigenvalue weighted by Crippen LogP contribution is 2.27. The van der Waals surface area contributed by atoms with Crippen LogP contribution in [-0.2, 0) is 4.79 Å². The van der Waals surface area contributed by atoms with Gasteiger partial charge in [0.05, 0.1) is 6.54 Å². The molecule has 0 atom stereocenters. The van der Waals surface area contributed by atoms with Crippen LogP contribution in [0.2, 0.25) is 0 Å². The first-order chi connectivity index (χ1) is 7.74. The number of aromatic nitrogens is 1. The largest absolute Gasteiger partial charge is 0.310 e. The zero-order chi connectivity index (χ0) is 11.4. The van der Waals surface area contributed by atoms with Gasteiger partial charge in [-0.2, -0.15) is 0 Å². The molecule has 2 N–H and O–H groups in total. The molecule has 0 bridgehead atoms. The first-order valence-corrected chi connectivity index (χ1v) is 6.15. The molecule has 0 spiro atoms. The van der Waals surface area contributed by atoms with Crippen LogP contribution in [-0.4, -0.2) is 24.0 Å². The van der Waals surface area contributed by atoms with E-state index in [9.17, 15) is 4.79 Å². The highest BCUT2D eigenvalue weighted by molar-refractivity contribution is 9.10. The van der Waals surface area contributed by atoms with Crippen molar-refractivity contribution in [1.29, 1.82) is 0 Å². The van der Waals surface area contributed by atoms with Crippen LogP contribution >= 0.6 is 15.9 Å². The van der Waals surface area contributed by atoms with Gasteiger partial charge in [0.15, 0.2) is 0 Å². The van der Waals surface area contributed by atoms with E-state index in [1.54, 1.807) is 12.3 Å². The van der Waals surface area contributed by atoms with Gasteiger partial charge < -0.3 is 10.6 Å². The van der Waals surface area contributed by atoms with E-state index in [1.165, 1.54) is 12.8 Å². The van der Waals surface area contributed by atoms with Crippen molar-refractivity contribution in [2.24, 2.45) is 5.92 Å². The molecule has 1 amide bonds. The summed E-state index contributed by atoms with van der Waals surface area (Å²) in [5.74, 6) is 1.33. The van der Waals surface area contributed by atoms with Crippen molar-refractivity contribution in [3.05, 3.63) is 22.8 Å². The molecule has 86 valence electrons. The second-order valence-electron chi connectivity index (χ2n) is 3.98. The lowest BCUT2D eigenvalue weighted by atomic mass is 10.4. The molecule has 1 aliphatic rings. The molecular formula is C11H14BrN3O. The van der Waals surface area contributed by atoms with Gasteiger partial charge in [0, 0.05) is 10.7 Å². The predicted octanol–water partition coefficient (Wildman–Crippen LogP) is 1.78. The van der Waals surface area contributed by atoms with Gasteiger partial charge in [-0.3, -0.25) is 4.79 Å². The van der Waals surface area contributed by atoms with Crippen LogP contribution in [0.25, 0.3) is 0 Å². The number of hydrogen-bond acceptors (Lipinski definition) is 3. The van der Waals surface area contributed by atoms with Gasteiger partial charge in [-0.1, -0.05) is 0 Å². The molecule has 0 aromatic carbocycles. The predicted molar refractivity (Wildman–Crippen MR) is 66.2 cm³/mol. The molecule has 1 heterocycles. The van der Waals surface area contributed by atoms with Gasteiger partial charge in [-0.15, -0.1) is 0 Å². The Labute approximate surface area is 103 Å². The molecule has 1 saturated carbocycles. The van der Waals surface area contributed by atoms with Crippen molar-refractivity contribution in [3.63, 3.8) is 0 Å². The summed E-state index contributed by atoms with van der Waals surface area (Å²) in [6.07, 6.45) is 4.25. The quantitative estimate of drug-likeness (QED) is 0.866. The number of nitrogens with zero attached hydrogens (tertiary/aromatic N) is 1. The lowest BCUT2D eigenvalue weighted by Gasteiger charge is -2.05. The number of rotatable bonds is 5. The standard InChI is InChI=1S/C11H14BrN3O/c12-9-3-4-10(14-6-9)15-11(16)7-13-5-8-1-2-8/h3-4,6,8,13H,1-2,5,7H2,(H,14,15,16). The first-order valence-electron chi connectivity index (χ1n) is 5.36. The number of pyridine rings is 1. The van der Waals surface area contributed by atoms with E-state index >= 15 is 0 Å². The Balaban J connectivity index is 1.70. The van der Waals surface area contributed by atoms with Gasteiger partial charge in [-0.05, 0) is 53.4 Å². The summed E-state index contributed by atoms with van der Waals surface area (Å²) in [4.78, 5) is 15.5. The van der Waals surface area contributed by atoms with Crippen molar-refractivity contribution in [2.75, 3.05) is 18.4 Å². The Bertz CT molecular complexity index is 362. The first kappa shape index (κ1) is 11.5. The summed E-state index contributed by atoms with van der Waals surface area (Å²) in [5, 5.41) is 5.86. The minimum atomic E-state index is -0.0459. The second-order valence-corrected chi connectivity index (χ2v) is 4.90. The molecule has 0 radical (unpaired) electrons. The maximum Gasteiger partial charge on any atom is 0.239 e. The molecule has 0 aliphatic heterocycles. The van der Waals surface area contributed by atoms with Crippen molar-refractivity contribution < 1.29 is 4.79 Å². The van der Waals surface area contributed by atoms with Gasteiger partial charge in [-0.25, -0.2) is 4.98 Å². The summed E-state index contributed by atoms with van der Waals surface area (Å²) in [6, 6.07) is 3.61.